The number of sulfonamides is 1. The summed E-state index contributed by atoms with van der Waals surface area (Å²) in [4.78, 5) is 14.2. The highest BCUT2D eigenvalue weighted by Gasteiger charge is 2.48. The van der Waals surface area contributed by atoms with Gasteiger partial charge in [-0.2, -0.15) is 0 Å². The summed E-state index contributed by atoms with van der Waals surface area (Å²) in [6.45, 7) is 1.18. The molecule has 1 aliphatic heterocycles. The van der Waals surface area contributed by atoms with Crippen LogP contribution in [0.3, 0.4) is 0 Å². The van der Waals surface area contributed by atoms with Crippen LogP contribution in [0.4, 0.5) is 13.2 Å². The largest absolute Gasteiger partial charge is 0.334 e. The predicted octanol–water partition coefficient (Wildman–Crippen LogP) is 4.09. The molecule has 1 heterocycles. The molecule has 1 amide bonds. The molecule has 33 heavy (non-hydrogen) atoms. The molecule has 2 fully saturated rings. The van der Waals surface area contributed by atoms with Crippen LogP contribution in [-0.2, 0) is 21.2 Å². The van der Waals surface area contributed by atoms with Crippen LogP contribution in [0.15, 0.2) is 36.4 Å². The molecule has 3 atom stereocenters. The molecule has 0 aromatic heterocycles. The van der Waals surface area contributed by atoms with Gasteiger partial charge in [0.1, 0.15) is 17.8 Å². The van der Waals surface area contributed by atoms with E-state index in [1.54, 1.807) is 6.07 Å². The second-order valence-corrected chi connectivity index (χ2v) is 11.0. The van der Waals surface area contributed by atoms with Gasteiger partial charge >= 0.3 is 0 Å². The molecule has 1 saturated heterocycles. The molecule has 4 rings (SSSR count). The lowest BCUT2D eigenvalue weighted by Crippen LogP contribution is -2.50. The maximum absolute atomic E-state index is 15.5. The number of halogens is 4. The zero-order valence-electron chi connectivity index (χ0n) is 17.9. The molecule has 1 N–H and O–H groups in total. The SMILES string of the molecule is CCS(=O)(=O)N[C@H]1[C@@H](F)CN(C(=O)C2CC2)[C@H]1Cc1cccc(-c2cc(F)cc(Cl)c2)c1F. The van der Waals surface area contributed by atoms with Gasteiger partial charge in [0.2, 0.25) is 15.9 Å². The maximum atomic E-state index is 15.5. The second-order valence-electron chi connectivity index (χ2n) is 8.54. The Morgan fingerprint density at radius 1 is 1.21 bits per heavy atom. The molecule has 178 valence electrons. The highest BCUT2D eigenvalue weighted by Crippen LogP contribution is 2.36. The zero-order valence-corrected chi connectivity index (χ0v) is 19.5. The van der Waals surface area contributed by atoms with Gasteiger partial charge in [-0.3, -0.25) is 4.79 Å². The van der Waals surface area contributed by atoms with Crippen LogP contribution in [0.2, 0.25) is 5.02 Å². The first kappa shape index (κ1) is 24.0. The van der Waals surface area contributed by atoms with Gasteiger partial charge in [0, 0.05) is 16.5 Å². The molecule has 0 radical (unpaired) electrons. The minimum atomic E-state index is -3.76. The zero-order chi connectivity index (χ0) is 23.9. The minimum absolute atomic E-state index is 0.0987. The number of rotatable bonds is 7. The van der Waals surface area contributed by atoms with Gasteiger partial charge in [0.05, 0.1) is 24.4 Å². The number of likely N-dealkylation sites (tertiary alicyclic amines) is 1. The van der Waals surface area contributed by atoms with E-state index in [2.05, 4.69) is 4.72 Å². The Bertz CT molecular complexity index is 1150. The van der Waals surface area contributed by atoms with Gasteiger partial charge in [-0.15, -0.1) is 0 Å². The third-order valence-corrected chi connectivity index (χ3v) is 7.77. The van der Waals surface area contributed by atoms with Crippen LogP contribution in [-0.4, -0.2) is 49.8 Å². The molecule has 0 spiro atoms. The third-order valence-electron chi connectivity index (χ3n) is 6.16. The van der Waals surface area contributed by atoms with Gasteiger partial charge in [-0.25, -0.2) is 26.3 Å². The molecule has 2 aromatic carbocycles. The number of benzene rings is 2. The van der Waals surface area contributed by atoms with Crippen molar-refractivity contribution in [1.82, 2.24) is 9.62 Å². The average Bonchev–Trinajstić information content (AvgIpc) is 3.55. The first-order chi connectivity index (χ1) is 15.6. The highest BCUT2D eigenvalue weighted by atomic mass is 35.5. The Morgan fingerprint density at radius 2 is 1.94 bits per heavy atom. The van der Waals surface area contributed by atoms with Crippen LogP contribution in [0, 0.1) is 17.6 Å². The summed E-state index contributed by atoms with van der Waals surface area (Å²) in [7, 11) is -3.76. The number of carbonyl (C=O) groups excluding carboxylic acids is 1. The fraction of sp³-hybridized carbons (Fsp3) is 0.435. The molecule has 5 nitrogen and oxygen atoms in total. The maximum Gasteiger partial charge on any atom is 0.226 e. The van der Waals surface area contributed by atoms with Crippen LogP contribution >= 0.6 is 11.6 Å². The summed E-state index contributed by atoms with van der Waals surface area (Å²) in [6.07, 6.45) is -0.311. The first-order valence-electron chi connectivity index (χ1n) is 10.8. The van der Waals surface area contributed by atoms with Crippen molar-refractivity contribution >= 4 is 27.5 Å². The molecule has 2 aromatic rings. The number of alkyl halides is 1. The van der Waals surface area contributed by atoms with Crippen molar-refractivity contribution < 1.29 is 26.4 Å². The van der Waals surface area contributed by atoms with E-state index in [1.165, 1.54) is 30.0 Å². The number of nitrogens with one attached hydrogen (secondary N) is 1. The lowest BCUT2D eigenvalue weighted by Gasteiger charge is -2.29. The minimum Gasteiger partial charge on any atom is -0.334 e. The van der Waals surface area contributed by atoms with E-state index in [0.29, 0.717) is 12.8 Å². The summed E-state index contributed by atoms with van der Waals surface area (Å²) < 4.78 is 71.0. The summed E-state index contributed by atoms with van der Waals surface area (Å²) in [6, 6.07) is 6.16. The normalized spacial score (nSPS) is 23.2. The molecule has 1 saturated carbocycles. The molecular weight excluding hydrogens is 477 g/mol. The molecule has 0 unspecified atom stereocenters. The van der Waals surface area contributed by atoms with Gasteiger partial charge in [0.15, 0.2) is 0 Å². The van der Waals surface area contributed by atoms with Crippen LogP contribution in [0.5, 0.6) is 0 Å². The second kappa shape index (κ2) is 9.27. The third kappa shape index (κ3) is 5.20. The standard InChI is InChI=1S/C23H24ClF3N2O3S/c1-2-33(31,32)28-22-19(26)12-29(23(30)13-6-7-13)20(22)10-14-4-3-5-18(21(14)27)15-8-16(24)11-17(25)9-15/h3-5,8-9,11,13,19-20,22,28H,2,6-7,10,12H2,1H3/t19-,20-,22-/m0/s1. The van der Waals surface area contributed by atoms with Crippen molar-refractivity contribution in [3.63, 3.8) is 0 Å². The number of amides is 1. The van der Waals surface area contributed by atoms with Gasteiger partial charge in [-0.1, -0.05) is 29.8 Å². The van der Waals surface area contributed by atoms with Crippen molar-refractivity contribution in [2.75, 3.05) is 12.3 Å². The van der Waals surface area contributed by atoms with Crippen LogP contribution < -0.4 is 4.72 Å². The predicted molar refractivity (Wildman–Crippen MR) is 120 cm³/mol. The van der Waals surface area contributed by atoms with E-state index in [1.807, 2.05) is 0 Å². The highest BCUT2D eigenvalue weighted by molar-refractivity contribution is 7.89. The molecule has 0 bridgehead atoms. The van der Waals surface area contributed by atoms with E-state index in [-0.39, 0.29) is 52.3 Å². The van der Waals surface area contributed by atoms with Crippen molar-refractivity contribution in [3.05, 3.63) is 58.6 Å². The summed E-state index contributed by atoms with van der Waals surface area (Å²) in [5.41, 5.74) is 0.513. The monoisotopic (exact) mass is 500 g/mol. The lowest BCUT2D eigenvalue weighted by molar-refractivity contribution is -0.133. The fourth-order valence-electron chi connectivity index (χ4n) is 4.27. The van der Waals surface area contributed by atoms with E-state index in [0.717, 1.165) is 12.1 Å². The summed E-state index contributed by atoms with van der Waals surface area (Å²) in [5.74, 6) is -1.96. The van der Waals surface area contributed by atoms with E-state index in [9.17, 15) is 22.0 Å². The summed E-state index contributed by atoms with van der Waals surface area (Å²) in [5, 5.41) is 0.112. The smallest absolute Gasteiger partial charge is 0.226 e. The van der Waals surface area contributed by atoms with Crippen LogP contribution in [0.1, 0.15) is 25.3 Å². The van der Waals surface area contributed by atoms with Crippen molar-refractivity contribution in [2.24, 2.45) is 5.92 Å². The van der Waals surface area contributed by atoms with E-state index < -0.39 is 39.9 Å². The Morgan fingerprint density at radius 3 is 2.58 bits per heavy atom. The van der Waals surface area contributed by atoms with Crippen LogP contribution in [0.25, 0.3) is 11.1 Å². The number of nitrogens with zero attached hydrogens (tertiary/aromatic N) is 1. The molecule has 10 heteroatoms. The van der Waals surface area contributed by atoms with Gasteiger partial charge < -0.3 is 4.90 Å². The Kier molecular flexibility index (Phi) is 6.75. The Balaban J connectivity index is 1.69. The first-order valence-corrected chi connectivity index (χ1v) is 12.8. The molecule has 2 aliphatic rings. The quantitative estimate of drug-likeness (QED) is 0.622. The fourth-order valence-corrected chi connectivity index (χ4v) is 5.37. The van der Waals surface area contributed by atoms with Crippen molar-refractivity contribution in [2.45, 2.75) is 44.4 Å². The number of hydrogen-bond acceptors (Lipinski definition) is 3. The number of hydrogen-bond donors (Lipinski definition) is 1. The molecule has 1 aliphatic carbocycles. The van der Waals surface area contributed by atoms with Crippen molar-refractivity contribution in [1.29, 1.82) is 0 Å². The van der Waals surface area contributed by atoms with Gasteiger partial charge in [0.25, 0.3) is 0 Å². The average molecular weight is 501 g/mol. The lowest BCUT2D eigenvalue weighted by atomic mass is 9.95. The summed E-state index contributed by atoms with van der Waals surface area (Å²) >= 11 is 5.92. The van der Waals surface area contributed by atoms with E-state index >= 15 is 4.39 Å². The van der Waals surface area contributed by atoms with Crippen molar-refractivity contribution in [3.8, 4) is 11.1 Å². The van der Waals surface area contributed by atoms with Gasteiger partial charge in [-0.05, 0) is 55.5 Å². The Hall–Kier alpha value is -2.10. The number of carbonyl (C=O) groups is 1. The topological polar surface area (TPSA) is 66.5 Å². The Labute approximate surface area is 196 Å². The molecular formula is C23H24ClF3N2O3S. The van der Waals surface area contributed by atoms with E-state index in [4.69, 9.17) is 11.6 Å².